The van der Waals surface area contributed by atoms with Crippen LogP contribution in [-0.4, -0.2) is 37.5 Å². The van der Waals surface area contributed by atoms with E-state index in [0.29, 0.717) is 42.1 Å². The molecule has 0 heterocycles. The number of hydrogen-bond acceptors (Lipinski definition) is 6. The van der Waals surface area contributed by atoms with E-state index in [1.165, 1.54) is 38.5 Å². The number of benzene rings is 2. The summed E-state index contributed by atoms with van der Waals surface area (Å²) in [4.78, 5) is 37.3. The van der Waals surface area contributed by atoms with Crippen molar-refractivity contribution < 1.29 is 28.6 Å². The standard InChI is InChI=1S/C31H42O6/c1-4-7-8-9-10-11-12-13-21-37-28-19-17-26(22-24(28)18-20-29(32)35-5-2)30(33)25-15-14-16-27(23-25)31(34)36-6-3/h14-17,19,22-23H,4-13,18,20-21H2,1-3H3. The van der Waals surface area contributed by atoms with Crippen LogP contribution < -0.4 is 4.74 Å². The van der Waals surface area contributed by atoms with Gasteiger partial charge in [-0.05, 0) is 62.6 Å². The van der Waals surface area contributed by atoms with Gasteiger partial charge in [0.25, 0.3) is 0 Å². The van der Waals surface area contributed by atoms with Crippen molar-refractivity contribution in [3.8, 4) is 5.75 Å². The quantitative estimate of drug-likeness (QED) is 0.121. The van der Waals surface area contributed by atoms with Gasteiger partial charge < -0.3 is 14.2 Å². The lowest BCUT2D eigenvalue weighted by Crippen LogP contribution is -2.09. The van der Waals surface area contributed by atoms with Gasteiger partial charge in [-0.15, -0.1) is 0 Å². The van der Waals surface area contributed by atoms with E-state index < -0.39 is 5.97 Å². The summed E-state index contributed by atoms with van der Waals surface area (Å²) in [5, 5.41) is 0. The van der Waals surface area contributed by atoms with E-state index in [-0.39, 0.29) is 24.8 Å². The van der Waals surface area contributed by atoms with Gasteiger partial charge in [-0.1, -0.05) is 64.0 Å². The Kier molecular flexibility index (Phi) is 14.1. The minimum absolute atomic E-state index is 0.206. The SMILES string of the molecule is CCCCCCCCCCOc1ccc(C(=O)c2cccc(C(=O)OCC)c2)cc1CCC(=O)OCC. The zero-order valence-corrected chi connectivity index (χ0v) is 22.7. The van der Waals surface area contributed by atoms with E-state index in [1.54, 1.807) is 56.3 Å². The van der Waals surface area contributed by atoms with Crippen molar-refractivity contribution in [3.63, 3.8) is 0 Å². The fraction of sp³-hybridized carbons (Fsp3) is 0.516. The predicted molar refractivity (Wildman–Crippen MR) is 145 cm³/mol. The average Bonchev–Trinajstić information content (AvgIpc) is 2.91. The summed E-state index contributed by atoms with van der Waals surface area (Å²) in [5.74, 6) is -0.269. The van der Waals surface area contributed by atoms with Gasteiger partial charge in [-0.25, -0.2) is 4.79 Å². The summed E-state index contributed by atoms with van der Waals surface area (Å²) in [7, 11) is 0. The smallest absolute Gasteiger partial charge is 0.338 e. The Morgan fingerprint density at radius 1 is 0.703 bits per heavy atom. The number of ketones is 1. The summed E-state index contributed by atoms with van der Waals surface area (Å²) < 4.78 is 16.2. The summed E-state index contributed by atoms with van der Waals surface area (Å²) in [6, 6.07) is 11.8. The van der Waals surface area contributed by atoms with Crippen molar-refractivity contribution >= 4 is 17.7 Å². The number of ether oxygens (including phenoxy) is 3. The van der Waals surface area contributed by atoms with E-state index in [1.807, 2.05) is 0 Å². The Labute approximate surface area is 221 Å². The van der Waals surface area contributed by atoms with Crippen LogP contribution >= 0.6 is 0 Å². The van der Waals surface area contributed by atoms with Gasteiger partial charge in [0, 0.05) is 17.5 Å². The zero-order chi connectivity index (χ0) is 26.9. The summed E-state index contributed by atoms with van der Waals surface area (Å²) in [6.07, 6.45) is 10.4. The highest BCUT2D eigenvalue weighted by Crippen LogP contribution is 2.25. The van der Waals surface area contributed by atoms with Crippen molar-refractivity contribution in [1.82, 2.24) is 0 Å². The third-order valence-corrected chi connectivity index (χ3v) is 6.12. The predicted octanol–water partition coefficient (Wildman–Crippen LogP) is 7.11. The Balaban J connectivity index is 2.07. The molecule has 0 saturated carbocycles. The highest BCUT2D eigenvalue weighted by Gasteiger charge is 2.16. The molecule has 0 spiro atoms. The largest absolute Gasteiger partial charge is 0.493 e. The van der Waals surface area contributed by atoms with Gasteiger partial charge in [-0.3, -0.25) is 9.59 Å². The molecular formula is C31H42O6. The van der Waals surface area contributed by atoms with Crippen LogP contribution in [0.4, 0.5) is 0 Å². The molecule has 0 aliphatic rings. The van der Waals surface area contributed by atoms with Crippen LogP contribution in [0.15, 0.2) is 42.5 Å². The van der Waals surface area contributed by atoms with Gasteiger partial charge in [0.05, 0.1) is 25.4 Å². The minimum Gasteiger partial charge on any atom is -0.493 e. The Hall–Kier alpha value is -3.15. The van der Waals surface area contributed by atoms with E-state index in [4.69, 9.17) is 14.2 Å². The first-order chi connectivity index (χ1) is 18.0. The van der Waals surface area contributed by atoms with Gasteiger partial charge in [0.1, 0.15) is 5.75 Å². The van der Waals surface area contributed by atoms with Crippen LogP contribution in [0, 0.1) is 0 Å². The summed E-state index contributed by atoms with van der Waals surface area (Å²) in [6.45, 7) is 6.93. The van der Waals surface area contributed by atoms with Gasteiger partial charge >= 0.3 is 11.9 Å². The topological polar surface area (TPSA) is 78.9 Å². The number of aryl methyl sites for hydroxylation is 1. The zero-order valence-electron chi connectivity index (χ0n) is 22.7. The van der Waals surface area contributed by atoms with Gasteiger partial charge in [0.2, 0.25) is 0 Å². The molecule has 0 aromatic heterocycles. The molecule has 0 bridgehead atoms. The summed E-state index contributed by atoms with van der Waals surface area (Å²) >= 11 is 0. The fourth-order valence-corrected chi connectivity index (χ4v) is 4.11. The fourth-order valence-electron chi connectivity index (χ4n) is 4.11. The van der Waals surface area contributed by atoms with Gasteiger partial charge in [-0.2, -0.15) is 0 Å². The molecule has 6 heteroatoms. The van der Waals surface area contributed by atoms with Crippen LogP contribution in [0.1, 0.15) is 110 Å². The van der Waals surface area contributed by atoms with E-state index in [9.17, 15) is 14.4 Å². The van der Waals surface area contributed by atoms with Crippen LogP contribution in [0.2, 0.25) is 0 Å². The Bertz CT molecular complexity index is 997. The van der Waals surface area contributed by atoms with Crippen LogP contribution in [-0.2, 0) is 20.7 Å². The first kappa shape index (κ1) is 30.1. The third kappa shape index (κ3) is 10.8. The summed E-state index contributed by atoms with van der Waals surface area (Å²) in [5.41, 5.74) is 1.99. The monoisotopic (exact) mass is 510 g/mol. The maximum atomic E-state index is 13.2. The van der Waals surface area contributed by atoms with Crippen molar-refractivity contribution in [2.75, 3.05) is 19.8 Å². The molecule has 0 amide bonds. The maximum absolute atomic E-state index is 13.2. The molecule has 2 aromatic rings. The molecule has 0 saturated heterocycles. The highest BCUT2D eigenvalue weighted by atomic mass is 16.5. The number of carbonyl (C=O) groups is 3. The number of unbranched alkanes of at least 4 members (excludes halogenated alkanes) is 7. The lowest BCUT2D eigenvalue weighted by Gasteiger charge is -2.13. The maximum Gasteiger partial charge on any atom is 0.338 e. The number of hydrogen-bond donors (Lipinski definition) is 0. The molecule has 2 rings (SSSR count). The molecule has 2 aromatic carbocycles. The lowest BCUT2D eigenvalue weighted by atomic mass is 9.98. The normalized spacial score (nSPS) is 10.7. The molecule has 0 atom stereocenters. The minimum atomic E-state index is -0.461. The van der Waals surface area contributed by atoms with Gasteiger partial charge in [0.15, 0.2) is 5.78 Å². The molecule has 0 aliphatic carbocycles. The van der Waals surface area contributed by atoms with Crippen LogP contribution in [0.3, 0.4) is 0 Å². The molecule has 0 fully saturated rings. The second-order valence-corrected chi connectivity index (χ2v) is 9.08. The lowest BCUT2D eigenvalue weighted by molar-refractivity contribution is -0.143. The number of esters is 2. The van der Waals surface area contributed by atoms with E-state index >= 15 is 0 Å². The van der Waals surface area contributed by atoms with E-state index in [2.05, 4.69) is 6.92 Å². The van der Waals surface area contributed by atoms with Crippen molar-refractivity contribution in [1.29, 1.82) is 0 Å². The number of rotatable bonds is 18. The molecule has 6 nitrogen and oxygen atoms in total. The molecular weight excluding hydrogens is 468 g/mol. The molecule has 202 valence electrons. The number of carbonyl (C=O) groups excluding carboxylic acids is 3. The molecule has 37 heavy (non-hydrogen) atoms. The van der Waals surface area contributed by atoms with Crippen LogP contribution in [0.5, 0.6) is 5.75 Å². The first-order valence-electron chi connectivity index (χ1n) is 13.7. The molecule has 0 N–H and O–H groups in total. The Morgan fingerprint density at radius 3 is 2.05 bits per heavy atom. The second kappa shape index (κ2) is 17.3. The van der Waals surface area contributed by atoms with E-state index in [0.717, 1.165) is 18.4 Å². The van der Waals surface area contributed by atoms with Crippen LogP contribution in [0.25, 0.3) is 0 Å². The molecule has 0 radical (unpaired) electrons. The van der Waals surface area contributed by atoms with Crippen molar-refractivity contribution in [2.24, 2.45) is 0 Å². The molecule has 0 unspecified atom stereocenters. The highest BCUT2D eigenvalue weighted by molar-refractivity contribution is 6.10. The molecule has 0 aliphatic heterocycles. The second-order valence-electron chi connectivity index (χ2n) is 9.08. The average molecular weight is 511 g/mol. The van der Waals surface area contributed by atoms with Crippen molar-refractivity contribution in [2.45, 2.75) is 85.0 Å². The third-order valence-electron chi connectivity index (χ3n) is 6.12. The Morgan fingerprint density at radius 2 is 1.35 bits per heavy atom. The first-order valence-corrected chi connectivity index (χ1v) is 13.7. The van der Waals surface area contributed by atoms with Crippen molar-refractivity contribution in [3.05, 3.63) is 64.7 Å².